The Balaban J connectivity index is 2.20. The smallest absolute Gasteiger partial charge is 0.241 e. The average Bonchev–Trinajstić information content (AvgIpc) is 2.94. The van der Waals surface area contributed by atoms with Crippen molar-refractivity contribution >= 4 is 5.91 Å². The van der Waals surface area contributed by atoms with Gasteiger partial charge in [-0.05, 0) is 37.5 Å². The van der Waals surface area contributed by atoms with Gasteiger partial charge in [-0.1, -0.05) is 40.5 Å². The van der Waals surface area contributed by atoms with E-state index in [0.29, 0.717) is 29.7 Å². The summed E-state index contributed by atoms with van der Waals surface area (Å²) >= 11 is 0. The molecule has 0 aromatic carbocycles. The Bertz CT molecular complexity index is 321. The van der Waals surface area contributed by atoms with Crippen molar-refractivity contribution in [2.45, 2.75) is 78.6 Å². The van der Waals surface area contributed by atoms with Crippen molar-refractivity contribution in [3.63, 3.8) is 0 Å². The quantitative estimate of drug-likeness (QED) is 0.848. The average molecular weight is 266 g/mol. The van der Waals surface area contributed by atoms with Crippen LogP contribution in [0.15, 0.2) is 0 Å². The maximum atomic E-state index is 12.7. The molecule has 2 fully saturated rings. The predicted octanol–water partition coefficient (Wildman–Crippen LogP) is 3.00. The Kier molecular flexibility index (Phi) is 4.54. The van der Waals surface area contributed by atoms with E-state index in [9.17, 15) is 4.79 Å². The second-order valence-corrected chi connectivity index (χ2v) is 7.11. The normalized spacial score (nSPS) is 30.9. The van der Waals surface area contributed by atoms with E-state index < -0.39 is 0 Å². The van der Waals surface area contributed by atoms with Gasteiger partial charge in [0.1, 0.15) is 0 Å². The molecule has 1 aliphatic carbocycles. The predicted molar refractivity (Wildman–Crippen MR) is 78.7 cm³/mol. The molecule has 2 rings (SSSR count). The van der Waals surface area contributed by atoms with Gasteiger partial charge in [-0.2, -0.15) is 0 Å². The first-order valence-corrected chi connectivity index (χ1v) is 8.01. The van der Waals surface area contributed by atoms with Crippen LogP contribution in [0.25, 0.3) is 0 Å². The Labute approximate surface area is 118 Å². The van der Waals surface area contributed by atoms with Gasteiger partial charge in [-0.15, -0.1) is 0 Å². The highest BCUT2D eigenvalue weighted by atomic mass is 16.2. The van der Waals surface area contributed by atoms with E-state index in [1.807, 2.05) is 0 Å². The summed E-state index contributed by atoms with van der Waals surface area (Å²) in [6.07, 6.45) is 5.48. The molecule has 0 bridgehead atoms. The fourth-order valence-corrected chi connectivity index (χ4v) is 3.52. The Hall–Kier alpha value is -0.570. The monoisotopic (exact) mass is 266 g/mol. The first-order chi connectivity index (χ1) is 8.93. The molecule has 1 amide bonds. The minimum atomic E-state index is 0.0202. The maximum absolute atomic E-state index is 12.7. The van der Waals surface area contributed by atoms with Crippen LogP contribution in [0.1, 0.15) is 60.3 Å². The highest BCUT2D eigenvalue weighted by Gasteiger charge is 2.46. The fraction of sp³-hybridized carbons (Fsp3) is 0.938. The lowest BCUT2D eigenvalue weighted by Gasteiger charge is -2.35. The highest BCUT2D eigenvalue weighted by molar-refractivity contribution is 5.85. The van der Waals surface area contributed by atoms with E-state index in [2.05, 4.69) is 44.8 Å². The van der Waals surface area contributed by atoms with Gasteiger partial charge in [0.2, 0.25) is 5.91 Å². The van der Waals surface area contributed by atoms with E-state index >= 15 is 0 Å². The second-order valence-electron chi connectivity index (χ2n) is 7.11. The van der Waals surface area contributed by atoms with Crippen molar-refractivity contribution in [2.24, 2.45) is 17.8 Å². The van der Waals surface area contributed by atoms with Crippen LogP contribution in [0.4, 0.5) is 0 Å². The number of nitrogens with zero attached hydrogens (tertiary/aromatic N) is 1. The first-order valence-electron chi connectivity index (χ1n) is 8.01. The van der Waals surface area contributed by atoms with E-state index in [-0.39, 0.29) is 12.2 Å². The van der Waals surface area contributed by atoms with Crippen molar-refractivity contribution in [1.29, 1.82) is 0 Å². The largest absolute Gasteiger partial charge is 0.323 e. The summed E-state index contributed by atoms with van der Waals surface area (Å²) in [5, 5.41) is 3.64. The molecular weight excluding hydrogens is 236 g/mol. The maximum Gasteiger partial charge on any atom is 0.241 e. The zero-order valence-electron chi connectivity index (χ0n) is 13.1. The van der Waals surface area contributed by atoms with Crippen LogP contribution in [0.2, 0.25) is 0 Å². The van der Waals surface area contributed by atoms with Crippen LogP contribution in [0, 0.1) is 17.8 Å². The molecule has 1 N–H and O–H groups in total. The van der Waals surface area contributed by atoms with Gasteiger partial charge in [-0.3, -0.25) is 10.1 Å². The van der Waals surface area contributed by atoms with Crippen molar-refractivity contribution < 1.29 is 4.79 Å². The molecule has 3 atom stereocenters. The molecule has 1 aliphatic heterocycles. The van der Waals surface area contributed by atoms with Crippen LogP contribution in [-0.2, 0) is 4.79 Å². The van der Waals surface area contributed by atoms with E-state index in [1.165, 1.54) is 25.7 Å². The fourth-order valence-electron chi connectivity index (χ4n) is 3.52. The summed E-state index contributed by atoms with van der Waals surface area (Å²) in [6.45, 7) is 10.9. The number of carbonyl (C=O) groups is 1. The van der Waals surface area contributed by atoms with Gasteiger partial charge in [0.25, 0.3) is 0 Å². The van der Waals surface area contributed by atoms with Gasteiger partial charge in [0.15, 0.2) is 0 Å². The molecule has 3 heteroatoms. The molecule has 3 nitrogen and oxygen atoms in total. The number of rotatable bonds is 4. The highest BCUT2D eigenvalue weighted by Crippen LogP contribution is 2.34. The van der Waals surface area contributed by atoms with Gasteiger partial charge >= 0.3 is 0 Å². The third-order valence-electron chi connectivity index (χ3n) is 5.09. The zero-order chi connectivity index (χ0) is 14.2. The third kappa shape index (κ3) is 2.81. The van der Waals surface area contributed by atoms with E-state index in [4.69, 9.17) is 0 Å². The minimum absolute atomic E-state index is 0.0202. The Morgan fingerprint density at radius 3 is 2.16 bits per heavy atom. The second kappa shape index (κ2) is 5.82. The number of hydrogen-bond donors (Lipinski definition) is 1. The van der Waals surface area contributed by atoms with Crippen LogP contribution in [-0.4, -0.2) is 29.1 Å². The summed E-state index contributed by atoms with van der Waals surface area (Å²) in [6, 6.07) is 0.348. The number of carbonyl (C=O) groups excluding carboxylic acids is 1. The minimum Gasteiger partial charge on any atom is -0.323 e. The van der Waals surface area contributed by atoms with Crippen molar-refractivity contribution in [2.75, 3.05) is 0 Å². The number of hydrogen-bond acceptors (Lipinski definition) is 2. The molecule has 2 aliphatic rings. The third-order valence-corrected chi connectivity index (χ3v) is 5.09. The standard InChI is InChI=1S/C16H30N2O/c1-10(2)12(5)18-15(13-8-6-7-9-13)17-14(11(3)4)16(18)19/h10-15,17H,6-9H2,1-5H3. The van der Waals surface area contributed by atoms with Gasteiger partial charge in [-0.25, -0.2) is 0 Å². The molecular formula is C16H30N2O. The molecule has 19 heavy (non-hydrogen) atoms. The first kappa shape index (κ1) is 14.8. The van der Waals surface area contributed by atoms with E-state index in [0.717, 1.165) is 0 Å². The molecule has 1 heterocycles. The molecule has 1 saturated heterocycles. The topological polar surface area (TPSA) is 32.3 Å². The molecule has 1 saturated carbocycles. The lowest BCUT2D eigenvalue weighted by atomic mass is 9.99. The summed E-state index contributed by atoms with van der Waals surface area (Å²) in [5.41, 5.74) is 0. The summed E-state index contributed by atoms with van der Waals surface area (Å²) in [7, 11) is 0. The molecule has 0 aromatic heterocycles. The van der Waals surface area contributed by atoms with Crippen LogP contribution in [0.3, 0.4) is 0 Å². The van der Waals surface area contributed by atoms with Gasteiger partial charge in [0, 0.05) is 6.04 Å². The van der Waals surface area contributed by atoms with Gasteiger partial charge in [0.05, 0.1) is 12.2 Å². The summed E-state index contributed by atoms with van der Waals surface area (Å²) < 4.78 is 0. The Morgan fingerprint density at radius 2 is 1.68 bits per heavy atom. The zero-order valence-corrected chi connectivity index (χ0v) is 13.1. The Morgan fingerprint density at radius 1 is 1.11 bits per heavy atom. The number of amides is 1. The molecule has 3 unspecified atom stereocenters. The molecule has 0 spiro atoms. The van der Waals surface area contributed by atoms with Crippen LogP contribution in [0.5, 0.6) is 0 Å². The lowest BCUT2D eigenvalue weighted by Crippen LogP contribution is -2.48. The van der Waals surface area contributed by atoms with Gasteiger partial charge < -0.3 is 4.90 Å². The molecule has 0 aromatic rings. The molecule has 110 valence electrons. The lowest BCUT2D eigenvalue weighted by molar-refractivity contribution is -0.134. The van der Waals surface area contributed by atoms with Crippen molar-refractivity contribution in [1.82, 2.24) is 10.2 Å². The van der Waals surface area contributed by atoms with Crippen LogP contribution < -0.4 is 5.32 Å². The van der Waals surface area contributed by atoms with Crippen molar-refractivity contribution in [3.8, 4) is 0 Å². The molecule has 0 radical (unpaired) electrons. The van der Waals surface area contributed by atoms with Crippen molar-refractivity contribution in [3.05, 3.63) is 0 Å². The number of nitrogens with one attached hydrogen (secondary N) is 1. The summed E-state index contributed by atoms with van der Waals surface area (Å²) in [4.78, 5) is 14.9. The van der Waals surface area contributed by atoms with Crippen LogP contribution >= 0.6 is 0 Å². The van der Waals surface area contributed by atoms with E-state index in [1.54, 1.807) is 0 Å². The SMILES string of the molecule is CC(C)C1NC(C2CCCC2)N(C(C)C(C)C)C1=O. The summed E-state index contributed by atoms with van der Waals surface area (Å²) in [5.74, 6) is 1.88.